The molecule has 9 nitrogen and oxygen atoms in total. The van der Waals surface area contributed by atoms with Gasteiger partial charge in [0.25, 0.3) is 0 Å². The first-order valence-electron chi connectivity index (χ1n) is 21.9. The van der Waals surface area contributed by atoms with Crippen LogP contribution in [-0.4, -0.2) is 74.9 Å². The fourth-order valence-corrected chi connectivity index (χ4v) is 6.81. The lowest BCUT2D eigenvalue weighted by molar-refractivity contribution is -0.870. The highest BCUT2D eigenvalue weighted by Gasteiger charge is 2.27. The molecule has 0 aromatic heterocycles. The number of rotatable bonds is 40. The predicted molar refractivity (Wildman–Crippen MR) is 220 cm³/mol. The van der Waals surface area contributed by atoms with Crippen LogP contribution in [-0.2, 0) is 32.7 Å². The SMILES string of the molecule is CCCCCC/C=C/CCCCCCCCCCCC(=O)O[C@H](COC(=O)CCCCCCCCCCCCCC)COP(=O)(O)OCC[N+](C)(C)C. The van der Waals surface area contributed by atoms with Gasteiger partial charge in [0.05, 0.1) is 27.7 Å². The summed E-state index contributed by atoms with van der Waals surface area (Å²) in [4.78, 5) is 35.3. The zero-order valence-corrected chi connectivity index (χ0v) is 36.2. The summed E-state index contributed by atoms with van der Waals surface area (Å²) in [6.07, 6.45) is 36.8. The maximum Gasteiger partial charge on any atom is 0.472 e. The van der Waals surface area contributed by atoms with Crippen molar-refractivity contribution in [1.29, 1.82) is 0 Å². The highest BCUT2D eigenvalue weighted by Crippen LogP contribution is 2.43. The number of hydrogen-bond acceptors (Lipinski definition) is 7. The van der Waals surface area contributed by atoms with Gasteiger partial charge < -0.3 is 18.9 Å². The van der Waals surface area contributed by atoms with Gasteiger partial charge in [0.15, 0.2) is 6.10 Å². The van der Waals surface area contributed by atoms with Gasteiger partial charge in [0.2, 0.25) is 0 Å². The lowest BCUT2D eigenvalue weighted by atomic mass is 10.0. The summed E-state index contributed by atoms with van der Waals surface area (Å²) in [7, 11) is 1.48. The van der Waals surface area contributed by atoms with E-state index in [1.54, 1.807) is 0 Å². The molecular formula is C43H85NO8P+. The minimum absolute atomic E-state index is 0.0344. The van der Waals surface area contributed by atoms with Crippen molar-refractivity contribution < 1.29 is 42.1 Å². The van der Waals surface area contributed by atoms with Crippen LogP contribution in [0.4, 0.5) is 0 Å². The van der Waals surface area contributed by atoms with E-state index in [2.05, 4.69) is 26.0 Å². The fourth-order valence-electron chi connectivity index (χ4n) is 6.07. The summed E-state index contributed by atoms with van der Waals surface area (Å²) in [5.74, 6) is -0.793. The molecule has 1 N–H and O–H groups in total. The largest absolute Gasteiger partial charge is 0.472 e. The van der Waals surface area contributed by atoms with Gasteiger partial charge in [-0.3, -0.25) is 18.6 Å². The molecule has 0 radical (unpaired) electrons. The molecule has 1 unspecified atom stereocenters. The molecule has 0 heterocycles. The van der Waals surface area contributed by atoms with Crippen molar-refractivity contribution in [2.45, 2.75) is 206 Å². The van der Waals surface area contributed by atoms with E-state index in [9.17, 15) is 19.0 Å². The predicted octanol–water partition coefficient (Wildman–Crippen LogP) is 12.2. The van der Waals surface area contributed by atoms with Crippen molar-refractivity contribution in [3.05, 3.63) is 12.2 Å². The molecule has 0 aromatic carbocycles. The summed E-state index contributed by atoms with van der Waals surface area (Å²) in [6, 6.07) is 0. The van der Waals surface area contributed by atoms with Crippen molar-refractivity contribution in [1.82, 2.24) is 0 Å². The van der Waals surface area contributed by atoms with Gasteiger partial charge in [-0.15, -0.1) is 0 Å². The molecule has 0 spiro atoms. The Balaban J connectivity index is 4.33. The number of hydrogen-bond donors (Lipinski definition) is 1. The van der Waals surface area contributed by atoms with Crippen molar-refractivity contribution in [3.63, 3.8) is 0 Å². The number of likely N-dealkylation sites (N-methyl/N-ethyl adjacent to an activating group) is 1. The Kier molecular flexibility index (Phi) is 35.5. The number of phosphoric acid groups is 1. The van der Waals surface area contributed by atoms with Crippen LogP contribution in [0.3, 0.4) is 0 Å². The Morgan fingerprint density at radius 2 is 0.962 bits per heavy atom. The maximum atomic E-state index is 12.7. The van der Waals surface area contributed by atoms with Crippen molar-refractivity contribution in [3.8, 4) is 0 Å². The highest BCUT2D eigenvalue weighted by molar-refractivity contribution is 7.47. The molecule has 0 bridgehead atoms. The van der Waals surface area contributed by atoms with Gasteiger partial charge in [0, 0.05) is 12.8 Å². The number of esters is 2. The van der Waals surface area contributed by atoms with Crippen molar-refractivity contribution >= 4 is 19.8 Å². The number of unbranched alkanes of at least 4 members (excludes halogenated alkanes) is 24. The van der Waals surface area contributed by atoms with Crippen LogP contribution >= 0.6 is 7.82 Å². The number of quaternary nitrogens is 1. The second-order valence-corrected chi connectivity index (χ2v) is 17.5. The molecule has 0 aliphatic heterocycles. The summed E-state index contributed by atoms with van der Waals surface area (Å²) in [5.41, 5.74) is 0. The Labute approximate surface area is 326 Å². The normalized spacial score (nSPS) is 13.7. The van der Waals surface area contributed by atoms with Gasteiger partial charge >= 0.3 is 19.8 Å². The van der Waals surface area contributed by atoms with Gasteiger partial charge in [-0.05, 0) is 38.5 Å². The van der Waals surface area contributed by atoms with E-state index in [4.69, 9.17) is 18.5 Å². The van der Waals surface area contributed by atoms with Crippen LogP contribution in [0.15, 0.2) is 12.2 Å². The van der Waals surface area contributed by atoms with E-state index in [0.29, 0.717) is 23.9 Å². The Hall–Kier alpha value is -1.25. The minimum atomic E-state index is -4.37. The van der Waals surface area contributed by atoms with Crippen LogP contribution in [0.25, 0.3) is 0 Å². The van der Waals surface area contributed by atoms with Gasteiger partial charge in [0.1, 0.15) is 19.8 Å². The maximum absolute atomic E-state index is 12.7. The van der Waals surface area contributed by atoms with Crippen LogP contribution < -0.4 is 0 Å². The third kappa shape index (κ3) is 40.2. The molecule has 0 amide bonds. The van der Waals surface area contributed by atoms with E-state index >= 15 is 0 Å². The zero-order valence-electron chi connectivity index (χ0n) is 35.3. The van der Waals surface area contributed by atoms with Crippen LogP contribution in [0.2, 0.25) is 0 Å². The fraction of sp³-hybridized carbons (Fsp3) is 0.907. The van der Waals surface area contributed by atoms with Crippen LogP contribution in [0.1, 0.15) is 200 Å². The van der Waals surface area contributed by atoms with Crippen molar-refractivity contribution in [2.24, 2.45) is 0 Å². The number of carbonyl (C=O) groups is 2. The summed E-state index contributed by atoms with van der Waals surface area (Å²) in [5, 5.41) is 0. The monoisotopic (exact) mass is 775 g/mol. The van der Waals surface area contributed by atoms with Gasteiger partial charge in [-0.1, -0.05) is 161 Å². The van der Waals surface area contributed by atoms with Crippen LogP contribution in [0.5, 0.6) is 0 Å². The van der Waals surface area contributed by atoms with E-state index in [0.717, 1.165) is 38.5 Å². The number of phosphoric ester groups is 1. The first-order valence-corrected chi connectivity index (χ1v) is 23.4. The van der Waals surface area contributed by atoms with Crippen molar-refractivity contribution in [2.75, 3.05) is 47.5 Å². The average molecular weight is 775 g/mol. The Bertz CT molecular complexity index is 922. The first-order chi connectivity index (χ1) is 25.5. The standard InChI is InChI=1S/C43H84NO8P/c1-6-8-10-12-14-16-18-20-21-22-23-24-26-28-30-32-34-36-43(46)52-41(40-51-53(47,48)50-38-37-44(3,4)5)39-49-42(45)35-33-31-29-27-25-19-17-15-13-11-9-7-2/h16,18,41H,6-15,17,19-40H2,1-5H3/p+1/b18-16+/t41-/m1/s1. The third-order valence-corrected chi connectivity index (χ3v) is 10.5. The molecule has 0 fully saturated rings. The summed E-state index contributed by atoms with van der Waals surface area (Å²) >= 11 is 0. The zero-order chi connectivity index (χ0) is 39.3. The molecule has 0 aromatic rings. The number of ether oxygens (including phenoxy) is 2. The second-order valence-electron chi connectivity index (χ2n) is 16.1. The average Bonchev–Trinajstić information content (AvgIpc) is 3.10. The summed E-state index contributed by atoms with van der Waals surface area (Å²) in [6.45, 7) is 4.42. The molecule has 53 heavy (non-hydrogen) atoms. The number of allylic oxidation sites excluding steroid dienone is 2. The molecule has 10 heteroatoms. The van der Waals surface area contributed by atoms with Gasteiger partial charge in [-0.25, -0.2) is 4.57 Å². The van der Waals surface area contributed by atoms with E-state index in [-0.39, 0.29) is 25.6 Å². The quantitative estimate of drug-likeness (QED) is 0.0215. The number of carbonyl (C=O) groups excluding carboxylic acids is 2. The topological polar surface area (TPSA) is 108 Å². The molecule has 314 valence electrons. The summed E-state index contributed by atoms with van der Waals surface area (Å²) < 4.78 is 34.3. The lowest BCUT2D eigenvalue weighted by Gasteiger charge is -2.24. The lowest BCUT2D eigenvalue weighted by Crippen LogP contribution is -2.37. The Morgan fingerprint density at radius 1 is 0.566 bits per heavy atom. The third-order valence-electron chi connectivity index (χ3n) is 9.55. The first kappa shape index (κ1) is 51.8. The van der Waals surface area contributed by atoms with E-state index in [1.807, 2.05) is 21.1 Å². The Morgan fingerprint density at radius 3 is 1.42 bits per heavy atom. The number of nitrogens with zero attached hydrogens (tertiary/aromatic N) is 1. The van der Waals surface area contributed by atoms with Crippen LogP contribution in [0, 0.1) is 0 Å². The second kappa shape index (κ2) is 36.4. The minimum Gasteiger partial charge on any atom is -0.462 e. The molecule has 2 atom stereocenters. The molecular weight excluding hydrogens is 689 g/mol. The highest BCUT2D eigenvalue weighted by atomic mass is 31.2. The van der Waals surface area contributed by atoms with Gasteiger partial charge in [-0.2, -0.15) is 0 Å². The molecule has 0 saturated heterocycles. The molecule has 0 rings (SSSR count). The smallest absolute Gasteiger partial charge is 0.462 e. The molecule has 0 saturated carbocycles. The molecule has 0 aliphatic rings. The van der Waals surface area contributed by atoms with E-state index in [1.165, 1.54) is 128 Å². The van der Waals surface area contributed by atoms with E-state index < -0.39 is 26.5 Å². The molecule has 0 aliphatic carbocycles.